The summed E-state index contributed by atoms with van der Waals surface area (Å²) >= 11 is 0. The molecular weight excluding hydrogens is 708 g/mol. The van der Waals surface area contributed by atoms with E-state index in [0.29, 0.717) is 57.5 Å². The molecule has 0 aromatic heterocycles. The molecule has 0 saturated carbocycles. The summed E-state index contributed by atoms with van der Waals surface area (Å²) in [6, 6.07) is 21.6. The second kappa shape index (κ2) is 15.7. The minimum absolute atomic E-state index is 0.0610. The van der Waals surface area contributed by atoms with E-state index in [-0.39, 0.29) is 42.9 Å². The average molecular weight is 745 g/mol. The van der Waals surface area contributed by atoms with E-state index in [1.807, 2.05) is 12.1 Å². The number of allylic oxidation sites excluding steroid dienone is 1. The summed E-state index contributed by atoms with van der Waals surface area (Å²) in [5, 5.41) is 14.9. The van der Waals surface area contributed by atoms with Crippen molar-refractivity contribution in [3.05, 3.63) is 134 Å². The quantitative estimate of drug-likeness (QED) is 0.0342. The first-order valence-corrected chi connectivity index (χ1v) is 17.4. The number of carbonyl (C=O) groups excluding carboxylic acids is 2. The van der Waals surface area contributed by atoms with Gasteiger partial charge in [0.05, 0.1) is 25.2 Å². The Kier molecular flexibility index (Phi) is 10.5. The highest BCUT2D eigenvalue weighted by molar-refractivity contribution is 6.02. The van der Waals surface area contributed by atoms with Crippen LogP contribution in [0, 0.1) is 5.92 Å². The van der Waals surface area contributed by atoms with E-state index >= 15 is 0 Å². The number of hydroxylamine groups is 2. The number of azide groups is 1. The summed E-state index contributed by atoms with van der Waals surface area (Å²) in [7, 11) is 3.01. The molecule has 55 heavy (non-hydrogen) atoms. The normalized spacial score (nSPS) is 16.9. The summed E-state index contributed by atoms with van der Waals surface area (Å²) in [4.78, 5) is 53.0. The predicted octanol–water partition coefficient (Wildman–Crippen LogP) is 6.21. The molecule has 0 spiro atoms. The van der Waals surface area contributed by atoms with Crippen molar-refractivity contribution in [3.8, 4) is 28.7 Å². The monoisotopic (exact) mass is 744 g/mol. The lowest BCUT2D eigenvalue weighted by atomic mass is 9.83. The standard InChI is InChI=1S/C40H36N6O9/c1-23(47)37-32-18-26(38(46(32)39(37)49)40(50)45(2)54-22-24-6-9-27(10-7-24)43-44-41)5-4-16-52-33-15-8-25(17-36(33)51-3)21-53-29-12-14-31-35(20-29)55-34-19-28(48)11-13-30(34)42-31/h4-15,17,19-20,23,32,37,47H,16,18,21-22H2,1-3H3/b5-4+/t23-,32-,37-/m1/s1. The molecule has 0 unspecified atom stereocenters. The number of fused-ring (bicyclic) bond motifs is 3. The summed E-state index contributed by atoms with van der Waals surface area (Å²) in [6.45, 7) is 1.99. The van der Waals surface area contributed by atoms with Crippen LogP contribution in [0.4, 0.5) is 5.69 Å². The molecule has 7 rings (SSSR count). The van der Waals surface area contributed by atoms with E-state index in [4.69, 9.17) is 29.0 Å². The van der Waals surface area contributed by atoms with E-state index in [1.54, 1.807) is 73.7 Å². The number of amides is 2. The van der Waals surface area contributed by atoms with Crippen molar-refractivity contribution in [2.24, 2.45) is 11.0 Å². The van der Waals surface area contributed by atoms with E-state index in [0.717, 1.165) is 16.2 Å². The second-order valence-electron chi connectivity index (χ2n) is 13.0. The Morgan fingerprint density at radius 2 is 1.85 bits per heavy atom. The Bertz CT molecular complexity index is 2400. The van der Waals surface area contributed by atoms with Gasteiger partial charge in [-0.3, -0.25) is 19.2 Å². The molecule has 3 aliphatic heterocycles. The largest absolute Gasteiger partial charge is 0.493 e. The molecule has 3 aromatic carbocycles. The molecule has 0 radical (unpaired) electrons. The van der Waals surface area contributed by atoms with Gasteiger partial charge in [0.1, 0.15) is 42.5 Å². The van der Waals surface area contributed by atoms with Crippen LogP contribution in [-0.2, 0) is 27.6 Å². The van der Waals surface area contributed by atoms with Gasteiger partial charge in [-0.15, -0.1) is 0 Å². The van der Waals surface area contributed by atoms with Crippen molar-refractivity contribution in [2.45, 2.75) is 38.7 Å². The van der Waals surface area contributed by atoms with Crippen LogP contribution < -0.4 is 19.6 Å². The molecule has 2 amide bonds. The van der Waals surface area contributed by atoms with Crippen LogP contribution in [0.25, 0.3) is 33.0 Å². The number of hydrogen-bond donors (Lipinski definition) is 1. The van der Waals surface area contributed by atoms with E-state index in [2.05, 4.69) is 15.0 Å². The molecule has 0 bridgehead atoms. The Morgan fingerprint density at radius 1 is 1.05 bits per heavy atom. The third kappa shape index (κ3) is 7.71. The van der Waals surface area contributed by atoms with E-state index < -0.39 is 17.9 Å². The summed E-state index contributed by atoms with van der Waals surface area (Å²) in [5.41, 5.74) is 13.0. The topological polar surface area (TPSA) is 190 Å². The first kappa shape index (κ1) is 36.7. The number of aliphatic hydroxyl groups is 1. The van der Waals surface area contributed by atoms with Gasteiger partial charge >= 0.3 is 0 Å². The number of methoxy groups -OCH3 is 1. The lowest BCUT2D eigenvalue weighted by molar-refractivity contribution is -0.183. The molecule has 3 heterocycles. The third-order valence-electron chi connectivity index (χ3n) is 9.38. The highest BCUT2D eigenvalue weighted by Crippen LogP contribution is 2.44. The molecule has 280 valence electrons. The van der Waals surface area contributed by atoms with Crippen molar-refractivity contribution in [1.82, 2.24) is 14.9 Å². The van der Waals surface area contributed by atoms with Crippen LogP contribution in [0.15, 0.2) is 117 Å². The third-order valence-corrected chi connectivity index (χ3v) is 9.38. The molecule has 1 fully saturated rings. The Balaban J connectivity index is 0.997. The van der Waals surface area contributed by atoms with Crippen molar-refractivity contribution >= 4 is 28.6 Å². The van der Waals surface area contributed by atoms with Gasteiger partial charge in [-0.2, -0.15) is 0 Å². The highest BCUT2D eigenvalue weighted by Gasteiger charge is 2.56. The molecule has 1 saturated heterocycles. The molecule has 3 aromatic rings. The van der Waals surface area contributed by atoms with Gasteiger partial charge in [0.15, 0.2) is 28.3 Å². The maximum Gasteiger partial charge on any atom is 0.294 e. The molecular formula is C40H36N6O9. The zero-order valence-electron chi connectivity index (χ0n) is 30.1. The van der Waals surface area contributed by atoms with Gasteiger partial charge in [0.25, 0.3) is 5.91 Å². The minimum Gasteiger partial charge on any atom is -0.493 e. The van der Waals surface area contributed by atoms with Gasteiger partial charge in [-0.05, 0) is 78.0 Å². The highest BCUT2D eigenvalue weighted by atomic mass is 16.7. The van der Waals surface area contributed by atoms with Gasteiger partial charge in [-0.25, -0.2) is 10.0 Å². The van der Waals surface area contributed by atoms with Crippen LogP contribution in [0.1, 0.15) is 24.5 Å². The van der Waals surface area contributed by atoms with Crippen LogP contribution in [0.5, 0.6) is 17.2 Å². The Labute approximate surface area is 314 Å². The van der Waals surface area contributed by atoms with Crippen molar-refractivity contribution in [2.75, 3.05) is 20.8 Å². The first-order chi connectivity index (χ1) is 26.6. The number of aliphatic hydroxyl groups excluding tert-OH is 1. The van der Waals surface area contributed by atoms with E-state index in [9.17, 15) is 19.5 Å². The molecule has 15 nitrogen and oxygen atoms in total. The lowest BCUT2D eigenvalue weighted by Crippen LogP contribution is -2.62. The fourth-order valence-corrected chi connectivity index (χ4v) is 6.63. The number of aromatic nitrogens is 1. The number of rotatable bonds is 14. The van der Waals surface area contributed by atoms with Crippen LogP contribution in [0.2, 0.25) is 0 Å². The number of hydrogen-bond acceptors (Lipinski definition) is 11. The predicted molar refractivity (Wildman–Crippen MR) is 199 cm³/mol. The molecule has 4 aliphatic rings. The summed E-state index contributed by atoms with van der Waals surface area (Å²) in [5.74, 6) is 0.491. The second-order valence-corrected chi connectivity index (χ2v) is 13.0. The van der Waals surface area contributed by atoms with Crippen LogP contribution in [-0.4, -0.2) is 64.8 Å². The number of likely N-dealkylation sites (N-methyl/N-ethyl adjacent to an activating group) is 1. The van der Waals surface area contributed by atoms with Crippen molar-refractivity contribution < 1.29 is 38.2 Å². The zero-order valence-corrected chi connectivity index (χ0v) is 30.1. The minimum atomic E-state index is -0.866. The summed E-state index contributed by atoms with van der Waals surface area (Å²) < 4.78 is 23.5. The average Bonchev–Trinajstić information content (AvgIpc) is 3.50. The number of β-lactam (4-membered cyclic amide) rings is 1. The fraction of sp³-hybridized carbons (Fsp3) is 0.250. The van der Waals surface area contributed by atoms with Gasteiger partial charge in [0, 0.05) is 29.8 Å². The Morgan fingerprint density at radius 3 is 2.62 bits per heavy atom. The van der Waals surface area contributed by atoms with E-state index in [1.165, 1.54) is 31.2 Å². The van der Waals surface area contributed by atoms with Crippen LogP contribution in [0.3, 0.4) is 0 Å². The van der Waals surface area contributed by atoms with Crippen molar-refractivity contribution in [3.63, 3.8) is 0 Å². The summed E-state index contributed by atoms with van der Waals surface area (Å²) in [6.07, 6.45) is 3.02. The molecule has 3 atom stereocenters. The molecule has 15 heteroatoms. The number of carbonyl (C=O) groups is 2. The lowest BCUT2D eigenvalue weighted by Gasteiger charge is -2.45. The van der Waals surface area contributed by atoms with Crippen LogP contribution >= 0.6 is 0 Å². The van der Waals surface area contributed by atoms with Crippen molar-refractivity contribution in [1.29, 1.82) is 0 Å². The maximum atomic E-state index is 13.7. The zero-order chi connectivity index (χ0) is 38.6. The fourth-order valence-electron chi connectivity index (χ4n) is 6.63. The van der Waals surface area contributed by atoms with Gasteiger partial charge < -0.3 is 28.6 Å². The Hall–Kier alpha value is -6.67. The number of ether oxygens (including phenoxy) is 3. The van der Waals surface area contributed by atoms with Gasteiger partial charge in [0.2, 0.25) is 5.91 Å². The molecule has 1 aliphatic carbocycles. The number of nitrogens with zero attached hydrogens (tertiary/aromatic N) is 6. The molecule has 1 N–H and O–H groups in total. The van der Waals surface area contributed by atoms with Gasteiger partial charge in [-0.1, -0.05) is 41.5 Å². The smallest absolute Gasteiger partial charge is 0.294 e. The number of benzene rings is 4. The first-order valence-electron chi connectivity index (χ1n) is 17.4. The SMILES string of the molecule is COc1cc(COc2ccc3nc4ccc(=O)cc-4oc3c2)ccc1OC/C=C/C1=C(C(=O)N(C)OCc2ccc(N=[N+]=[N-])cc2)N2C(=O)[C@H]([C@@H](C)O)[C@H]2C1. The maximum absolute atomic E-state index is 13.7.